The summed E-state index contributed by atoms with van der Waals surface area (Å²) in [5.41, 5.74) is -0.108. The zero-order valence-electron chi connectivity index (χ0n) is 10.1. The van der Waals surface area contributed by atoms with Crippen LogP contribution in [0.15, 0.2) is 23.7 Å². The van der Waals surface area contributed by atoms with Gasteiger partial charge in [-0.1, -0.05) is 20.8 Å². The third-order valence-corrected chi connectivity index (χ3v) is 2.44. The third kappa shape index (κ3) is 2.64. The molecule has 0 fully saturated rings. The monoisotopic (exact) mass is 216 g/mol. The first kappa shape index (κ1) is 12.3. The lowest BCUT2D eigenvalue weighted by Gasteiger charge is -2.28. The zero-order valence-corrected chi connectivity index (χ0v) is 10.1. The quantitative estimate of drug-likeness (QED) is 0.676. The molecule has 1 aliphatic heterocycles. The molecule has 1 unspecified atom stereocenters. The van der Waals surface area contributed by atoms with E-state index in [2.05, 4.69) is 0 Å². The molecule has 0 aliphatic carbocycles. The number of hydrogen-bond acceptors (Lipinski definition) is 3. The maximum Gasteiger partial charge on any atom is 0.143 e. The standard InChI is InChI=1S/C13H16N2O/c1-9-5-10(11(7-14)8-15)6-12(16-9)13(2,3)4/h5-6,10-11H,1-4H3. The summed E-state index contributed by atoms with van der Waals surface area (Å²) in [6.07, 6.45) is 3.70. The summed E-state index contributed by atoms with van der Waals surface area (Å²) in [6, 6.07) is 4.02. The predicted molar refractivity (Wildman–Crippen MR) is 60.6 cm³/mol. The highest BCUT2D eigenvalue weighted by Crippen LogP contribution is 2.34. The fraction of sp³-hybridized carbons (Fsp3) is 0.538. The van der Waals surface area contributed by atoms with Crippen molar-refractivity contribution in [1.29, 1.82) is 10.5 Å². The van der Waals surface area contributed by atoms with Gasteiger partial charge in [-0.15, -0.1) is 0 Å². The summed E-state index contributed by atoms with van der Waals surface area (Å²) in [7, 11) is 0. The molecule has 0 saturated carbocycles. The van der Waals surface area contributed by atoms with Crippen molar-refractivity contribution in [3.8, 4) is 12.1 Å². The first-order valence-corrected chi connectivity index (χ1v) is 5.26. The van der Waals surface area contributed by atoms with E-state index in [1.54, 1.807) is 0 Å². The predicted octanol–water partition coefficient (Wildman–Crippen LogP) is 3.13. The molecular weight excluding hydrogens is 200 g/mol. The molecule has 16 heavy (non-hydrogen) atoms. The van der Waals surface area contributed by atoms with Gasteiger partial charge in [0.2, 0.25) is 0 Å². The molecule has 3 heteroatoms. The van der Waals surface area contributed by atoms with Crippen molar-refractivity contribution in [2.75, 3.05) is 0 Å². The smallest absolute Gasteiger partial charge is 0.143 e. The largest absolute Gasteiger partial charge is 0.466 e. The Kier molecular flexibility index (Phi) is 3.40. The number of allylic oxidation sites excluding steroid dienone is 4. The average molecular weight is 216 g/mol. The van der Waals surface area contributed by atoms with E-state index in [0.717, 1.165) is 11.5 Å². The van der Waals surface area contributed by atoms with Gasteiger partial charge in [0, 0.05) is 11.3 Å². The van der Waals surface area contributed by atoms with Crippen molar-refractivity contribution in [2.45, 2.75) is 27.7 Å². The molecule has 0 saturated heterocycles. The summed E-state index contributed by atoms with van der Waals surface area (Å²) >= 11 is 0. The molecule has 1 heterocycles. The molecule has 0 spiro atoms. The Bertz CT molecular complexity index is 399. The van der Waals surface area contributed by atoms with Crippen LogP contribution in [-0.4, -0.2) is 0 Å². The van der Waals surface area contributed by atoms with Crippen LogP contribution >= 0.6 is 0 Å². The second-order valence-electron chi connectivity index (χ2n) is 4.97. The maximum absolute atomic E-state index is 8.88. The van der Waals surface area contributed by atoms with E-state index in [9.17, 15) is 0 Å². The molecule has 0 bridgehead atoms. The van der Waals surface area contributed by atoms with Gasteiger partial charge in [0.05, 0.1) is 17.9 Å². The summed E-state index contributed by atoms with van der Waals surface area (Å²) in [6.45, 7) is 7.98. The van der Waals surface area contributed by atoms with Gasteiger partial charge in [0.25, 0.3) is 0 Å². The van der Waals surface area contributed by atoms with E-state index in [0.29, 0.717) is 0 Å². The summed E-state index contributed by atoms with van der Waals surface area (Å²) in [5, 5.41) is 17.8. The second kappa shape index (κ2) is 4.41. The van der Waals surface area contributed by atoms with Gasteiger partial charge in [0.1, 0.15) is 11.7 Å². The first-order valence-electron chi connectivity index (χ1n) is 5.26. The fourth-order valence-electron chi connectivity index (χ4n) is 1.53. The van der Waals surface area contributed by atoms with E-state index < -0.39 is 5.92 Å². The molecule has 0 radical (unpaired) electrons. The molecule has 0 N–H and O–H groups in total. The van der Waals surface area contributed by atoms with Crippen LogP contribution < -0.4 is 0 Å². The van der Waals surface area contributed by atoms with E-state index in [1.807, 2.05) is 52.0 Å². The van der Waals surface area contributed by atoms with Crippen molar-refractivity contribution in [1.82, 2.24) is 0 Å². The first-order chi connectivity index (χ1) is 7.38. The van der Waals surface area contributed by atoms with E-state index >= 15 is 0 Å². The number of nitrogens with zero attached hydrogens (tertiary/aromatic N) is 2. The van der Waals surface area contributed by atoms with Crippen molar-refractivity contribution < 1.29 is 4.74 Å². The molecular formula is C13H16N2O. The Morgan fingerprint density at radius 1 is 1.25 bits per heavy atom. The van der Waals surface area contributed by atoms with Crippen molar-refractivity contribution in [3.05, 3.63) is 23.7 Å². The van der Waals surface area contributed by atoms with Gasteiger partial charge in [-0.2, -0.15) is 10.5 Å². The minimum atomic E-state index is -0.642. The van der Waals surface area contributed by atoms with Crippen molar-refractivity contribution >= 4 is 0 Å². The van der Waals surface area contributed by atoms with Crippen LogP contribution in [0, 0.1) is 39.9 Å². The van der Waals surface area contributed by atoms with Crippen molar-refractivity contribution in [3.63, 3.8) is 0 Å². The molecule has 1 atom stereocenters. The van der Waals surface area contributed by atoms with E-state index in [-0.39, 0.29) is 11.3 Å². The van der Waals surface area contributed by atoms with Gasteiger partial charge < -0.3 is 4.74 Å². The number of rotatable bonds is 1. The highest BCUT2D eigenvalue weighted by Gasteiger charge is 2.27. The normalized spacial score (nSPS) is 20.3. The van der Waals surface area contributed by atoms with Crippen LogP contribution in [0.4, 0.5) is 0 Å². The Balaban J connectivity index is 3.04. The summed E-state index contributed by atoms with van der Waals surface area (Å²) in [4.78, 5) is 0. The highest BCUT2D eigenvalue weighted by atomic mass is 16.5. The minimum Gasteiger partial charge on any atom is -0.466 e. The Hall–Kier alpha value is -1.74. The molecule has 0 amide bonds. The van der Waals surface area contributed by atoms with E-state index in [1.165, 1.54) is 0 Å². The molecule has 1 rings (SSSR count). The lowest BCUT2D eigenvalue weighted by molar-refractivity contribution is 0.204. The lowest BCUT2D eigenvalue weighted by atomic mass is 9.86. The van der Waals surface area contributed by atoms with Crippen LogP contribution in [0.3, 0.4) is 0 Å². The summed E-state index contributed by atoms with van der Waals surface area (Å²) in [5.74, 6) is 0.773. The van der Waals surface area contributed by atoms with Gasteiger partial charge in [0.15, 0.2) is 0 Å². The molecule has 3 nitrogen and oxygen atoms in total. The molecule has 84 valence electrons. The minimum absolute atomic E-state index is 0.108. The lowest BCUT2D eigenvalue weighted by Crippen LogP contribution is -2.19. The van der Waals surface area contributed by atoms with Crippen LogP contribution in [-0.2, 0) is 4.74 Å². The van der Waals surface area contributed by atoms with Crippen molar-refractivity contribution in [2.24, 2.45) is 17.3 Å². The SMILES string of the molecule is CC1=CC(C(C#N)C#N)C=C(C(C)(C)C)O1. The van der Waals surface area contributed by atoms with E-state index in [4.69, 9.17) is 15.3 Å². The molecule has 1 aliphatic rings. The zero-order chi connectivity index (χ0) is 12.3. The van der Waals surface area contributed by atoms with Gasteiger partial charge in [-0.25, -0.2) is 0 Å². The van der Waals surface area contributed by atoms with Gasteiger partial charge >= 0.3 is 0 Å². The second-order valence-corrected chi connectivity index (χ2v) is 4.97. The number of ether oxygens (including phenoxy) is 1. The Morgan fingerprint density at radius 3 is 2.25 bits per heavy atom. The van der Waals surface area contributed by atoms with Crippen LogP contribution in [0.1, 0.15) is 27.7 Å². The van der Waals surface area contributed by atoms with Gasteiger partial charge in [-0.3, -0.25) is 0 Å². The molecule has 0 aromatic carbocycles. The fourth-order valence-corrected chi connectivity index (χ4v) is 1.53. The average Bonchev–Trinajstić information content (AvgIpc) is 2.17. The Morgan fingerprint density at radius 2 is 1.81 bits per heavy atom. The molecule has 0 aromatic heterocycles. The molecule has 0 aromatic rings. The van der Waals surface area contributed by atoms with Crippen LogP contribution in [0.25, 0.3) is 0 Å². The van der Waals surface area contributed by atoms with Gasteiger partial charge in [-0.05, 0) is 19.1 Å². The number of hydrogen-bond donors (Lipinski definition) is 0. The topological polar surface area (TPSA) is 56.8 Å². The third-order valence-electron chi connectivity index (χ3n) is 2.44. The highest BCUT2D eigenvalue weighted by molar-refractivity contribution is 5.23. The van der Waals surface area contributed by atoms with Crippen LogP contribution in [0.2, 0.25) is 0 Å². The van der Waals surface area contributed by atoms with Crippen LogP contribution in [0.5, 0.6) is 0 Å². The summed E-state index contributed by atoms with van der Waals surface area (Å²) < 4.78 is 5.62. The maximum atomic E-state index is 8.88. The number of nitriles is 2. The Labute approximate surface area is 96.6 Å².